The van der Waals surface area contributed by atoms with E-state index < -0.39 is 0 Å². The molecule has 0 radical (unpaired) electrons. The molecule has 1 aromatic carbocycles. The molecule has 5 nitrogen and oxygen atoms in total. The van der Waals surface area contributed by atoms with Gasteiger partial charge in [0.1, 0.15) is 16.2 Å². The topological polar surface area (TPSA) is 64.7 Å². The van der Waals surface area contributed by atoms with Gasteiger partial charge in [-0.1, -0.05) is 47.3 Å². The maximum Gasteiger partial charge on any atom is 0.229 e. The molecule has 0 spiro atoms. The van der Waals surface area contributed by atoms with E-state index in [-0.39, 0.29) is 0 Å². The van der Waals surface area contributed by atoms with Gasteiger partial charge in [-0.05, 0) is 24.5 Å². The van der Waals surface area contributed by atoms with Gasteiger partial charge < -0.3 is 4.52 Å². The summed E-state index contributed by atoms with van der Waals surface area (Å²) in [5, 5.41) is 6.12. The minimum absolute atomic E-state index is 0.488. The highest BCUT2D eigenvalue weighted by Crippen LogP contribution is 2.39. The summed E-state index contributed by atoms with van der Waals surface area (Å²) in [7, 11) is 0. The second kappa shape index (κ2) is 6.24. The van der Waals surface area contributed by atoms with Gasteiger partial charge in [0.15, 0.2) is 5.82 Å². The van der Waals surface area contributed by atoms with Gasteiger partial charge in [0.25, 0.3) is 0 Å². The Hall–Kier alpha value is -2.25. The van der Waals surface area contributed by atoms with Crippen molar-refractivity contribution in [1.29, 1.82) is 0 Å². The number of benzene rings is 1. The first-order chi connectivity index (χ1) is 12.4. The molecule has 0 aliphatic heterocycles. The van der Waals surface area contributed by atoms with Crippen LogP contribution in [-0.4, -0.2) is 20.1 Å². The van der Waals surface area contributed by atoms with Crippen LogP contribution in [0.15, 0.2) is 52.3 Å². The fourth-order valence-electron chi connectivity index (χ4n) is 2.65. The molecule has 3 heterocycles. The summed E-state index contributed by atoms with van der Waals surface area (Å²) in [6, 6.07) is 12.5. The van der Waals surface area contributed by atoms with Crippen molar-refractivity contribution in [3.8, 4) is 10.4 Å². The second-order valence-electron chi connectivity index (χ2n) is 5.99. The summed E-state index contributed by atoms with van der Waals surface area (Å²) < 4.78 is 5.32. The monoisotopic (exact) mass is 366 g/mol. The molecule has 1 fully saturated rings. The standard InChI is InChI=1S/C18H14N4OS2/c1-2-4-11(5-3-1)14-8-13-17(19-10-20-18(13)25-14)24-9-15-21-16(23-22-15)12-6-7-12/h1-5,8,10,12H,6-7,9H2. The molecule has 0 N–H and O–H groups in total. The molecule has 1 saturated carbocycles. The maximum absolute atomic E-state index is 5.32. The van der Waals surface area contributed by atoms with Crippen LogP contribution in [0.3, 0.4) is 0 Å². The Kier molecular flexibility index (Phi) is 3.75. The fourth-order valence-corrected chi connectivity index (χ4v) is 4.53. The van der Waals surface area contributed by atoms with Gasteiger partial charge in [-0.15, -0.1) is 11.3 Å². The van der Waals surface area contributed by atoms with Gasteiger partial charge in [-0.3, -0.25) is 0 Å². The molecular weight excluding hydrogens is 352 g/mol. The van der Waals surface area contributed by atoms with E-state index in [0.29, 0.717) is 11.7 Å². The van der Waals surface area contributed by atoms with Gasteiger partial charge in [0.2, 0.25) is 5.89 Å². The molecule has 4 aromatic rings. The molecule has 1 aliphatic carbocycles. The van der Waals surface area contributed by atoms with Gasteiger partial charge in [-0.25, -0.2) is 9.97 Å². The first-order valence-corrected chi connectivity index (χ1v) is 9.92. The normalized spacial score (nSPS) is 14.2. The average molecular weight is 366 g/mol. The lowest BCUT2D eigenvalue weighted by molar-refractivity contribution is 0.375. The van der Waals surface area contributed by atoms with E-state index in [0.717, 1.165) is 27.0 Å². The van der Waals surface area contributed by atoms with Crippen molar-refractivity contribution in [2.45, 2.75) is 29.5 Å². The van der Waals surface area contributed by atoms with E-state index in [2.05, 4.69) is 50.4 Å². The van der Waals surface area contributed by atoms with E-state index in [4.69, 9.17) is 4.52 Å². The molecule has 124 valence electrons. The summed E-state index contributed by atoms with van der Waals surface area (Å²) in [6.07, 6.45) is 3.96. The van der Waals surface area contributed by atoms with E-state index >= 15 is 0 Å². The Morgan fingerprint density at radius 3 is 2.88 bits per heavy atom. The Labute approximate surface area is 152 Å². The third-order valence-corrected chi connectivity index (χ3v) is 6.19. The van der Waals surface area contributed by atoms with Crippen LogP contribution in [0.4, 0.5) is 0 Å². The maximum atomic E-state index is 5.32. The molecule has 0 unspecified atom stereocenters. The minimum Gasteiger partial charge on any atom is -0.339 e. The smallest absolute Gasteiger partial charge is 0.229 e. The van der Waals surface area contributed by atoms with Crippen LogP contribution in [0.1, 0.15) is 30.5 Å². The number of nitrogens with zero attached hydrogens (tertiary/aromatic N) is 4. The van der Waals surface area contributed by atoms with E-state index in [1.807, 2.05) is 6.07 Å². The zero-order valence-corrected chi connectivity index (χ0v) is 14.9. The van der Waals surface area contributed by atoms with Crippen LogP contribution in [0.5, 0.6) is 0 Å². The zero-order valence-electron chi connectivity index (χ0n) is 13.3. The van der Waals surface area contributed by atoms with Crippen molar-refractivity contribution in [1.82, 2.24) is 20.1 Å². The average Bonchev–Trinajstić information content (AvgIpc) is 3.23. The van der Waals surface area contributed by atoms with Gasteiger partial charge in [0, 0.05) is 16.2 Å². The Morgan fingerprint density at radius 2 is 2.04 bits per heavy atom. The minimum atomic E-state index is 0.488. The predicted molar refractivity (Wildman–Crippen MR) is 98.7 cm³/mol. The van der Waals surface area contributed by atoms with Crippen molar-refractivity contribution >= 4 is 33.3 Å². The van der Waals surface area contributed by atoms with Gasteiger partial charge >= 0.3 is 0 Å². The molecule has 0 amide bonds. The molecule has 0 bridgehead atoms. The lowest BCUT2D eigenvalue weighted by Crippen LogP contribution is -1.88. The van der Waals surface area contributed by atoms with Crippen LogP contribution in [0.2, 0.25) is 0 Å². The number of rotatable bonds is 5. The molecule has 25 heavy (non-hydrogen) atoms. The highest BCUT2D eigenvalue weighted by molar-refractivity contribution is 7.98. The number of fused-ring (bicyclic) bond motifs is 1. The number of thioether (sulfide) groups is 1. The Balaban J connectivity index is 1.41. The summed E-state index contributed by atoms with van der Waals surface area (Å²) in [6.45, 7) is 0. The third-order valence-electron chi connectivity index (χ3n) is 4.10. The highest BCUT2D eigenvalue weighted by atomic mass is 32.2. The van der Waals surface area contributed by atoms with Crippen LogP contribution >= 0.6 is 23.1 Å². The quantitative estimate of drug-likeness (QED) is 0.369. The van der Waals surface area contributed by atoms with Crippen molar-refractivity contribution < 1.29 is 4.52 Å². The number of aromatic nitrogens is 4. The van der Waals surface area contributed by atoms with E-state index in [1.165, 1.54) is 23.3 Å². The first kappa shape index (κ1) is 15.0. The Morgan fingerprint density at radius 1 is 1.16 bits per heavy atom. The van der Waals surface area contributed by atoms with Gasteiger partial charge in [0.05, 0.1) is 5.75 Å². The second-order valence-corrected chi connectivity index (χ2v) is 7.98. The fraction of sp³-hybridized carbons (Fsp3) is 0.222. The first-order valence-electron chi connectivity index (χ1n) is 8.12. The molecular formula is C18H14N4OS2. The summed E-state index contributed by atoms with van der Waals surface area (Å²) in [5.41, 5.74) is 1.20. The highest BCUT2D eigenvalue weighted by Gasteiger charge is 2.29. The molecule has 5 rings (SSSR count). The Bertz CT molecular complexity index is 1020. The number of thiophene rings is 1. The van der Waals surface area contributed by atoms with Crippen molar-refractivity contribution in [3.05, 3.63) is 54.4 Å². The molecule has 0 atom stereocenters. The molecule has 3 aromatic heterocycles. The summed E-state index contributed by atoms with van der Waals surface area (Å²) >= 11 is 3.32. The number of hydrogen-bond acceptors (Lipinski definition) is 7. The lowest BCUT2D eigenvalue weighted by Gasteiger charge is -1.98. The molecule has 0 saturated heterocycles. The predicted octanol–water partition coefficient (Wildman–Crippen LogP) is 4.91. The van der Waals surface area contributed by atoms with E-state index in [1.54, 1.807) is 29.4 Å². The number of hydrogen-bond donors (Lipinski definition) is 0. The zero-order chi connectivity index (χ0) is 16.6. The van der Waals surface area contributed by atoms with Crippen LogP contribution in [0.25, 0.3) is 20.7 Å². The summed E-state index contributed by atoms with van der Waals surface area (Å²) in [5.74, 6) is 2.66. The molecule has 7 heteroatoms. The molecule has 1 aliphatic rings. The van der Waals surface area contributed by atoms with E-state index in [9.17, 15) is 0 Å². The van der Waals surface area contributed by atoms with Gasteiger partial charge in [-0.2, -0.15) is 4.98 Å². The van der Waals surface area contributed by atoms with Crippen molar-refractivity contribution in [2.75, 3.05) is 0 Å². The third kappa shape index (κ3) is 3.05. The summed E-state index contributed by atoms with van der Waals surface area (Å²) in [4.78, 5) is 15.6. The largest absolute Gasteiger partial charge is 0.339 e. The van der Waals surface area contributed by atoms with Crippen LogP contribution < -0.4 is 0 Å². The van der Waals surface area contributed by atoms with Crippen LogP contribution in [-0.2, 0) is 5.75 Å². The van der Waals surface area contributed by atoms with Crippen molar-refractivity contribution in [3.63, 3.8) is 0 Å². The SMILES string of the molecule is c1ccc(-c2cc3c(SCc4noc(C5CC5)n4)ncnc3s2)cc1. The van der Waals surface area contributed by atoms with Crippen LogP contribution in [0, 0.1) is 0 Å². The van der Waals surface area contributed by atoms with Crippen molar-refractivity contribution in [2.24, 2.45) is 0 Å². The lowest BCUT2D eigenvalue weighted by atomic mass is 10.2.